The Kier molecular flexibility index (Phi) is 3.46. The Balaban J connectivity index is 3.29. The normalized spacial score (nSPS) is 11.8. The van der Waals surface area contributed by atoms with Crippen LogP contribution in [-0.4, -0.2) is 0 Å². The molecule has 0 radical (unpaired) electrons. The number of rotatable bonds is 0. The number of halogens is 6. The van der Waals surface area contributed by atoms with Crippen molar-refractivity contribution in [3.05, 3.63) is 31.1 Å². The first-order valence-corrected chi connectivity index (χ1v) is 5.42. The van der Waals surface area contributed by atoms with Gasteiger partial charge in [0.25, 0.3) is 0 Å². The molecule has 1 aromatic rings. The van der Waals surface area contributed by atoms with Crippen LogP contribution >= 0.6 is 47.8 Å². The third-order valence-electron chi connectivity index (χ3n) is 1.31. The molecule has 0 bridgehead atoms. The Morgan fingerprint density at radius 1 is 0.923 bits per heavy atom. The van der Waals surface area contributed by atoms with Crippen molar-refractivity contribution in [3.8, 4) is 0 Å². The van der Waals surface area contributed by atoms with Crippen molar-refractivity contribution < 1.29 is 13.2 Å². The van der Waals surface area contributed by atoms with Gasteiger partial charge in [0.15, 0.2) is 0 Å². The molecule has 0 atom stereocenters. The second-order valence-electron chi connectivity index (χ2n) is 2.25. The molecule has 0 N–H and O–H groups in total. The van der Waals surface area contributed by atoms with E-state index >= 15 is 0 Å². The smallest absolute Gasteiger partial charge is 0.166 e. The molecule has 72 valence electrons. The van der Waals surface area contributed by atoms with Crippen molar-refractivity contribution in [2.75, 3.05) is 0 Å². The largest absolute Gasteiger partial charge is 0.416 e. The molecule has 0 amide bonds. The van der Waals surface area contributed by atoms with Gasteiger partial charge in [-0.1, -0.05) is 0 Å². The maximum Gasteiger partial charge on any atom is 0.416 e. The van der Waals surface area contributed by atoms with Crippen molar-refractivity contribution in [2.24, 2.45) is 0 Å². The summed E-state index contributed by atoms with van der Waals surface area (Å²) >= 11 is 9.14. The summed E-state index contributed by atoms with van der Waals surface area (Å²) in [4.78, 5) is 0. The molecule has 6 heteroatoms. The summed E-state index contributed by atoms with van der Waals surface area (Å²) in [6.45, 7) is 0. The Morgan fingerprint density at radius 2 is 1.31 bits per heavy atom. The molecule has 0 nitrogen and oxygen atoms in total. The fraction of sp³-hybridized carbons (Fsp3) is 0.143. The molecular weight excluding hydrogens is 381 g/mol. The first-order valence-electron chi connectivity index (χ1n) is 3.04. The third kappa shape index (κ3) is 2.70. The van der Waals surface area contributed by atoms with E-state index in [0.717, 1.165) is 12.1 Å². The third-order valence-corrected chi connectivity index (χ3v) is 4.48. The molecule has 0 spiro atoms. The molecule has 0 heterocycles. The van der Waals surface area contributed by atoms with Crippen LogP contribution in [-0.2, 0) is 6.18 Å². The topological polar surface area (TPSA) is 0 Å². The molecular formula is C7H2Br3F3. The number of benzene rings is 1. The minimum absolute atomic E-state index is 0.370. The summed E-state index contributed by atoms with van der Waals surface area (Å²) < 4.78 is 38.0. The van der Waals surface area contributed by atoms with Crippen LogP contribution in [0.4, 0.5) is 13.2 Å². The molecule has 0 saturated heterocycles. The zero-order valence-electron chi connectivity index (χ0n) is 5.92. The van der Waals surface area contributed by atoms with E-state index in [4.69, 9.17) is 0 Å². The molecule has 13 heavy (non-hydrogen) atoms. The summed E-state index contributed by atoms with van der Waals surface area (Å²) in [6.07, 6.45) is -4.31. The minimum atomic E-state index is -4.31. The van der Waals surface area contributed by atoms with Gasteiger partial charge in [-0.05, 0) is 59.9 Å². The first-order chi connectivity index (χ1) is 5.82. The molecule has 0 aliphatic heterocycles. The predicted molar refractivity (Wildman–Crippen MR) is 54.5 cm³/mol. The van der Waals surface area contributed by atoms with Gasteiger partial charge < -0.3 is 0 Å². The van der Waals surface area contributed by atoms with Gasteiger partial charge in [-0.25, -0.2) is 0 Å². The summed E-state index contributed by atoms with van der Waals surface area (Å²) in [7, 11) is 0. The molecule has 0 fully saturated rings. The van der Waals surface area contributed by atoms with Crippen molar-refractivity contribution in [1.29, 1.82) is 0 Å². The van der Waals surface area contributed by atoms with E-state index in [0.29, 0.717) is 13.4 Å². The van der Waals surface area contributed by atoms with Gasteiger partial charge in [0.2, 0.25) is 0 Å². The highest BCUT2D eigenvalue weighted by Crippen LogP contribution is 2.38. The van der Waals surface area contributed by atoms with Crippen LogP contribution in [0.15, 0.2) is 25.6 Å². The lowest BCUT2D eigenvalue weighted by atomic mass is 10.2. The summed E-state index contributed by atoms with van der Waals surface area (Å²) in [5.74, 6) is 0. The van der Waals surface area contributed by atoms with Crippen molar-refractivity contribution >= 4 is 47.8 Å². The van der Waals surface area contributed by atoms with Crippen molar-refractivity contribution in [3.63, 3.8) is 0 Å². The van der Waals surface area contributed by atoms with E-state index in [1.165, 1.54) is 0 Å². The summed E-state index contributed by atoms with van der Waals surface area (Å²) in [6, 6.07) is 2.05. The van der Waals surface area contributed by atoms with Crippen LogP contribution in [0.25, 0.3) is 0 Å². The highest BCUT2D eigenvalue weighted by atomic mass is 79.9. The quantitative estimate of drug-likeness (QED) is 0.554. The van der Waals surface area contributed by atoms with Gasteiger partial charge in [0.05, 0.1) is 5.56 Å². The standard InChI is InChI=1S/C7H2Br3F3/c8-4-1-3(7(11,12)13)2-5(9)6(4)10/h1-2H. The minimum Gasteiger partial charge on any atom is -0.166 e. The second kappa shape index (κ2) is 3.90. The molecule has 0 saturated carbocycles. The number of hydrogen-bond acceptors (Lipinski definition) is 0. The SMILES string of the molecule is FC(F)(F)c1cc(Br)c(Br)c(Br)c1. The highest BCUT2D eigenvalue weighted by Gasteiger charge is 2.31. The lowest BCUT2D eigenvalue weighted by Crippen LogP contribution is -2.04. The van der Waals surface area contributed by atoms with Crippen LogP contribution < -0.4 is 0 Å². The molecule has 1 rings (SSSR count). The summed E-state index contributed by atoms with van der Waals surface area (Å²) in [5, 5.41) is 0. The Bertz CT molecular complexity index is 309. The first kappa shape index (κ1) is 11.5. The fourth-order valence-corrected chi connectivity index (χ4v) is 2.13. The van der Waals surface area contributed by atoms with Gasteiger partial charge in [0, 0.05) is 13.4 Å². The Hall–Kier alpha value is 0.450. The van der Waals surface area contributed by atoms with Gasteiger partial charge in [-0.3, -0.25) is 0 Å². The molecule has 0 aliphatic carbocycles. The van der Waals surface area contributed by atoms with Crippen molar-refractivity contribution in [1.82, 2.24) is 0 Å². The zero-order valence-corrected chi connectivity index (χ0v) is 10.7. The van der Waals surface area contributed by atoms with Gasteiger partial charge in [-0.15, -0.1) is 0 Å². The summed E-state index contributed by atoms with van der Waals surface area (Å²) in [5.41, 5.74) is -0.686. The van der Waals surface area contributed by atoms with E-state index in [1.54, 1.807) is 0 Å². The van der Waals surface area contributed by atoms with Crippen LogP contribution in [0.1, 0.15) is 5.56 Å². The predicted octanol–water partition coefficient (Wildman–Crippen LogP) is 4.99. The van der Waals surface area contributed by atoms with Crippen LogP contribution in [0.3, 0.4) is 0 Å². The van der Waals surface area contributed by atoms with Gasteiger partial charge in [0.1, 0.15) is 0 Å². The van der Waals surface area contributed by atoms with Crippen LogP contribution in [0, 0.1) is 0 Å². The van der Waals surface area contributed by atoms with Gasteiger partial charge >= 0.3 is 6.18 Å². The monoisotopic (exact) mass is 380 g/mol. The second-order valence-corrected chi connectivity index (χ2v) is 4.75. The van der Waals surface area contributed by atoms with E-state index in [-0.39, 0.29) is 0 Å². The van der Waals surface area contributed by atoms with E-state index in [1.807, 2.05) is 0 Å². The Morgan fingerprint density at radius 3 is 1.62 bits per heavy atom. The van der Waals surface area contributed by atoms with E-state index in [2.05, 4.69) is 47.8 Å². The lowest BCUT2D eigenvalue weighted by molar-refractivity contribution is -0.137. The molecule has 0 aromatic heterocycles. The molecule has 0 aliphatic rings. The van der Waals surface area contributed by atoms with Crippen molar-refractivity contribution in [2.45, 2.75) is 6.18 Å². The molecule has 1 aromatic carbocycles. The fourth-order valence-electron chi connectivity index (χ4n) is 0.719. The number of alkyl halides is 3. The van der Waals surface area contributed by atoms with Crippen LogP contribution in [0.5, 0.6) is 0 Å². The lowest BCUT2D eigenvalue weighted by Gasteiger charge is -2.08. The maximum absolute atomic E-state index is 12.2. The average Bonchev–Trinajstić information content (AvgIpc) is 1.97. The van der Waals surface area contributed by atoms with E-state index < -0.39 is 11.7 Å². The van der Waals surface area contributed by atoms with E-state index in [9.17, 15) is 13.2 Å². The van der Waals surface area contributed by atoms with Gasteiger partial charge in [-0.2, -0.15) is 13.2 Å². The number of hydrogen-bond donors (Lipinski definition) is 0. The highest BCUT2D eigenvalue weighted by molar-refractivity contribution is 9.14. The van der Waals surface area contributed by atoms with Crippen LogP contribution in [0.2, 0.25) is 0 Å². The molecule has 0 unspecified atom stereocenters. The maximum atomic E-state index is 12.2. The Labute approximate surface area is 97.9 Å². The average molecular weight is 383 g/mol. The zero-order chi connectivity index (χ0) is 10.2.